The topological polar surface area (TPSA) is 113 Å². The lowest BCUT2D eigenvalue weighted by Crippen LogP contribution is -2.14. The van der Waals surface area contributed by atoms with Gasteiger partial charge in [0.05, 0.1) is 6.33 Å². The maximum atomic E-state index is 8.92. The van der Waals surface area contributed by atoms with E-state index in [1.54, 1.807) is 6.33 Å². The predicted molar refractivity (Wildman–Crippen MR) is 79.5 cm³/mol. The van der Waals surface area contributed by atoms with Gasteiger partial charge in [0.2, 0.25) is 0 Å². The quantitative estimate of drug-likeness (QED) is 0.224. The van der Waals surface area contributed by atoms with Crippen LogP contribution in [0.3, 0.4) is 0 Å². The molecule has 0 atom stereocenters. The highest BCUT2D eigenvalue weighted by molar-refractivity contribution is 7.99. The number of H-pyrrole nitrogens is 1. The van der Waals surface area contributed by atoms with Crippen LogP contribution in [0.5, 0.6) is 0 Å². The number of nitrogens with one attached hydrogen (secondary N) is 1. The molecule has 0 unspecified atom stereocenters. The third kappa shape index (κ3) is 2.52. The van der Waals surface area contributed by atoms with Crippen molar-refractivity contribution in [2.24, 2.45) is 10.9 Å². The van der Waals surface area contributed by atoms with Gasteiger partial charge < -0.3 is 15.9 Å². The van der Waals surface area contributed by atoms with Crippen LogP contribution in [0, 0.1) is 6.92 Å². The first-order valence-corrected chi connectivity index (χ1v) is 6.91. The fraction of sp³-hybridized carbons (Fsp3) is 0.0769. The van der Waals surface area contributed by atoms with E-state index in [1.807, 2.05) is 25.1 Å². The molecule has 2 heterocycles. The SMILES string of the molecule is Cc1ccc(Sc2ncnc3nc[nH]c23)c(/C(N)=N/O)c1. The molecule has 8 heteroatoms. The summed E-state index contributed by atoms with van der Waals surface area (Å²) in [5.41, 5.74) is 8.79. The third-order valence-electron chi connectivity index (χ3n) is 2.91. The third-order valence-corrected chi connectivity index (χ3v) is 3.99. The highest BCUT2D eigenvalue weighted by Crippen LogP contribution is 2.32. The van der Waals surface area contributed by atoms with Crippen LogP contribution in [0.25, 0.3) is 11.2 Å². The zero-order chi connectivity index (χ0) is 14.8. The van der Waals surface area contributed by atoms with Crippen LogP contribution in [0.2, 0.25) is 0 Å². The van der Waals surface area contributed by atoms with Crippen molar-refractivity contribution in [1.82, 2.24) is 19.9 Å². The molecule has 0 saturated carbocycles. The molecule has 0 aliphatic heterocycles. The molecule has 106 valence electrons. The summed E-state index contributed by atoms with van der Waals surface area (Å²) >= 11 is 1.41. The maximum absolute atomic E-state index is 8.92. The van der Waals surface area contributed by atoms with E-state index in [1.165, 1.54) is 18.1 Å². The number of rotatable bonds is 3. The largest absolute Gasteiger partial charge is 0.409 e. The summed E-state index contributed by atoms with van der Waals surface area (Å²) in [5, 5.41) is 12.7. The number of nitrogens with two attached hydrogens (primary N) is 1. The van der Waals surface area contributed by atoms with E-state index in [0.29, 0.717) is 11.2 Å². The molecule has 3 aromatic rings. The molecule has 0 aliphatic rings. The van der Waals surface area contributed by atoms with Gasteiger partial charge in [-0.15, -0.1) is 0 Å². The lowest BCUT2D eigenvalue weighted by atomic mass is 10.1. The van der Waals surface area contributed by atoms with Crippen LogP contribution in [0.4, 0.5) is 0 Å². The van der Waals surface area contributed by atoms with E-state index in [-0.39, 0.29) is 5.84 Å². The summed E-state index contributed by atoms with van der Waals surface area (Å²) in [4.78, 5) is 16.3. The number of amidine groups is 1. The normalized spacial score (nSPS) is 12.0. The Hall–Kier alpha value is -2.61. The Labute approximate surface area is 124 Å². The minimum atomic E-state index is 0.0658. The summed E-state index contributed by atoms with van der Waals surface area (Å²) in [7, 11) is 0. The van der Waals surface area contributed by atoms with Gasteiger partial charge in [-0.1, -0.05) is 28.5 Å². The van der Waals surface area contributed by atoms with E-state index < -0.39 is 0 Å². The molecule has 0 saturated heterocycles. The summed E-state index contributed by atoms with van der Waals surface area (Å²) < 4.78 is 0. The van der Waals surface area contributed by atoms with Crippen molar-refractivity contribution in [3.05, 3.63) is 42.0 Å². The van der Waals surface area contributed by atoms with Crippen LogP contribution in [-0.2, 0) is 0 Å². The number of imidazole rings is 1. The number of hydrogen-bond donors (Lipinski definition) is 3. The fourth-order valence-corrected chi connectivity index (χ4v) is 2.88. The molecule has 3 rings (SSSR count). The zero-order valence-corrected chi connectivity index (χ0v) is 11.9. The van der Waals surface area contributed by atoms with E-state index in [2.05, 4.69) is 25.1 Å². The Balaban J connectivity index is 2.08. The standard InChI is InChI=1S/C13H12N6OS/c1-7-2-3-9(8(4-7)11(14)19-20)21-13-10-12(16-5-15-10)17-6-18-13/h2-6,20H,1H3,(H2,14,19)(H,15,16,17,18). The Bertz CT molecular complexity index is 828. The number of hydrogen-bond acceptors (Lipinski definition) is 6. The fourth-order valence-electron chi connectivity index (χ4n) is 1.91. The Morgan fingerprint density at radius 1 is 1.33 bits per heavy atom. The lowest BCUT2D eigenvalue weighted by molar-refractivity contribution is 0.318. The molecular formula is C13H12N6OS. The maximum Gasteiger partial charge on any atom is 0.181 e. The Morgan fingerprint density at radius 2 is 2.19 bits per heavy atom. The van der Waals surface area contributed by atoms with Gasteiger partial charge in [-0.25, -0.2) is 15.0 Å². The number of fused-ring (bicyclic) bond motifs is 1. The molecule has 0 aliphatic carbocycles. The van der Waals surface area contributed by atoms with Crippen LogP contribution < -0.4 is 5.73 Å². The first-order valence-electron chi connectivity index (χ1n) is 6.09. The van der Waals surface area contributed by atoms with Crippen molar-refractivity contribution >= 4 is 28.8 Å². The highest BCUT2D eigenvalue weighted by atomic mass is 32.2. The molecule has 2 aromatic heterocycles. The van der Waals surface area contributed by atoms with Crippen molar-refractivity contribution in [1.29, 1.82) is 0 Å². The summed E-state index contributed by atoms with van der Waals surface area (Å²) in [6.07, 6.45) is 3.03. The van der Waals surface area contributed by atoms with Crippen molar-refractivity contribution in [3.8, 4) is 0 Å². The van der Waals surface area contributed by atoms with Crippen molar-refractivity contribution in [2.75, 3.05) is 0 Å². The van der Waals surface area contributed by atoms with Gasteiger partial charge in [-0.3, -0.25) is 0 Å². The van der Waals surface area contributed by atoms with E-state index >= 15 is 0 Å². The number of aryl methyl sites for hydroxylation is 1. The van der Waals surface area contributed by atoms with Crippen LogP contribution >= 0.6 is 11.8 Å². The second kappa shape index (κ2) is 5.41. The lowest BCUT2D eigenvalue weighted by Gasteiger charge is -2.08. The number of benzene rings is 1. The molecule has 21 heavy (non-hydrogen) atoms. The van der Waals surface area contributed by atoms with Crippen LogP contribution in [-0.4, -0.2) is 31.0 Å². The first-order chi connectivity index (χ1) is 10.2. The average Bonchev–Trinajstić information content (AvgIpc) is 2.97. The van der Waals surface area contributed by atoms with E-state index in [0.717, 1.165) is 21.0 Å². The van der Waals surface area contributed by atoms with Crippen LogP contribution in [0.1, 0.15) is 11.1 Å². The monoisotopic (exact) mass is 300 g/mol. The molecule has 0 fully saturated rings. The molecular weight excluding hydrogens is 288 g/mol. The average molecular weight is 300 g/mol. The van der Waals surface area contributed by atoms with Crippen LogP contribution in [0.15, 0.2) is 45.9 Å². The summed E-state index contributed by atoms with van der Waals surface area (Å²) in [6.45, 7) is 1.94. The van der Waals surface area contributed by atoms with Gasteiger partial charge in [-0.05, 0) is 19.1 Å². The van der Waals surface area contributed by atoms with Gasteiger partial charge >= 0.3 is 0 Å². The zero-order valence-electron chi connectivity index (χ0n) is 11.1. The van der Waals surface area contributed by atoms with Gasteiger partial charge in [-0.2, -0.15) is 0 Å². The molecule has 0 amide bonds. The van der Waals surface area contributed by atoms with E-state index in [9.17, 15) is 0 Å². The number of oxime groups is 1. The molecule has 7 nitrogen and oxygen atoms in total. The Morgan fingerprint density at radius 3 is 3.00 bits per heavy atom. The second-order valence-corrected chi connectivity index (χ2v) is 5.40. The van der Waals surface area contributed by atoms with E-state index in [4.69, 9.17) is 10.9 Å². The van der Waals surface area contributed by atoms with Crippen molar-refractivity contribution in [2.45, 2.75) is 16.8 Å². The predicted octanol–water partition coefficient (Wildman–Crippen LogP) is 1.91. The Kier molecular flexibility index (Phi) is 3.44. The smallest absolute Gasteiger partial charge is 0.181 e. The number of aromatic amines is 1. The molecule has 0 spiro atoms. The summed E-state index contributed by atoms with van der Waals surface area (Å²) in [5.74, 6) is 0.0658. The molecule has 0 bridgehead atoms. The number of nitrogens with zero attached hydrogens (tertiary/aromatic N) is 4. The molecule has 1 aromatic carbocycles. The molecule has 0 radical (unpaired) electrons. The van der Waals surface area contributed by atoms with Gasteiger partial charge in [0.1, 0.15) is 16.9 Å². The highest BCUT2D eigenvalue weighted by Gasteiger charge is 2.13. The minimum absolute atomic E-state index is 0.0658. The minimum Gasteiger partial charge on any atom is -0.409 e. The number of aromatic nitrogens is 4. The van der Waals surface area contributed by atoms with Gasteiger partial charge in [0.15, 0.2) is 11.5 Å². The first kappa shape index (κ1) is 13.4. The second-order valence-electron chi connectivity index (χ2n) is 4.37. The van der Waals surface area contributed by atoms with Crippen molar-refractivity contribution < 1.29 is 5.21 Å². The summed E-state index contributed by atoms with van der Waals surface area (Å²) in [6, 6.07) is 5.74. The van der Waals surface area contributed by atoms with Crippen molar-refractivity contribution in [3.63, 3.8) is 0 Å². The van der Waals surface area contributed by atoms with Gasteiger partial charge in [0.25, 0.3) is 0 Å². The molecule has 4 N–H and O–H groups in total. The van der Waals surface area contributed by atoms with Gasteiger partial charge in [0, 0.05) is 10.5 Å².